The lowest BCUT2D eigenvalue weighted by Gasteiger charge is -2.11. The number of carbonyl (C=O) groups excluding carboxylic acids is 1. The third-order valence-electron chi connectivity index (χ3n) is 3.72. The van der Waals surface area contributed by atoms with Gasteiger partial charge in [-0.1, -0.05) is 30.3 Å². The molecule has 0 radical (unpaired) electrons. The predicted molar refractivity (Wildman–Crippen MR) is 95.8 cm³/mol. The van der Waals surface area contributed by atoms with Gasteiger partial charge in [0.15, 0.2) is 0 Å². The lowest BCUT2D eigenvalue weighted by molar-refractivity contribution is -0.119. The highest BCUT2D eigenvalue weighted by atomic mass is 79.9. The van der Waals surface area contributed by atoms with Crippen LogP contribution in [0.5, 0.6) is 0 Å². The van der Waals surface area contributed by atoms with Crippen molar-refractivity contribution >= 4 is 27.5 Å². The molecule has 7 heteroatoms. The first-order valence-corrected chi connectivity index (χ1v) is 8.41. The molecular formula is C17H18BrN5O. The number of halogens is 1. The van der Waals surface area contributed by atoms with Crippen LogP contribution >= 0.6 is 15.9 Å². The number of nitrogens with one attached hydrogen (secondary N) is 1. The molecule has 0 saturated carbocycles. The van der Waals surface area contributed by atoms with Crippen LogP contribution in [0.25, 0.3) is 0 Å². The molecule has 0 aliphatic rings. The first-order chi connectivity index (χ1) is 11.5. The lowest BCUT2D eigenvalue weighted by Crippen LogP contribution is -2.23. The van der Waals surface area contributed by atoms with E-state index in [1.54, 1.807) is 21.8 Å². The molecular weight excluding hydrogens is 370 g/mol. The number of anilines is 1. The Bertz CT molecular complexity index is 820. The normalized spacial score (nSPS) is 12.1. The number of amides is 1. The molecule has 0 aliphatic carbocycles. The topological polar surface area (TPSA) is 64.7 Å². The second-order valence-corrected chi connectivity index (χ2v) is 6.47. The summed E-state index contributed by atoms with van der Waals surface area (Å²) in [5.74, 6) is -0.135. The van der Waals surface area contributed by atoms with E-state index in [1.165, 1.54) is 0 Å². The summed E-state index contributed by atoms with van der Waals surface area (Å²) in [6.45, 7) is 4.36. The number of nitrogens with zero attached hydrogens (tertiary/aromatic N) is 4. The Morgan fingerprint density at radius 2 is 2.04 bits per heavy atom. The van der Waals surface area contributed by atoms with E-state index >= 15 is 0 Å². The van der Waals surface area contributed by atoms with Crippen molar-refractivity contribution in [3.05, 3.63) is 64.7 Å². The van der Waals surface area contributed by atoms with Crippen molar-refractivity contribution in [2.24, 2.45) is 0 Å². The third kappa shape index (κ3) is 3.73. The van der Waals surface area contributed by atoms with Crippen LogP contribution in [0.15, 0.2) is 53.4 Å². The van der Waals surface area contributed by atoms with Gasteiger partial charge in [0.25, 0.3) is 0 Å². The fraction of sp³-hybridized carbons (Fsp3) is 0.235. The molecule has 3 aromatic rings. The standard InChI is InChI=1S/C17H18BrN5O/c1-12-16(18)11-23(21-12)13(2)17(24)20-15-8-19-22(10-15)9-14-6-4-3-5-7-14/h3-8,10-11,13H,9H2,1-2H3,(H,20,24). The molecule has 1 N–H and O–H groups in total. The van der Waals surface area contributed by atoms with Gasteiger partial charge in [-0.05, 0) is 35.3 Å². The number of hydrogen-bond donors (Lipinski definition) is 1. The van der Waals surface area contributed by atoms with Gasteiger partial charge in [0, 0.05) is 12.4 Å². The summed E-state index contributed by atoms with van der Waals surface area (Å²) in [5, 5.41) is 11.5. The van der Waals surface area contributed by atoms with Crippen LogP contribution in [0.3, 0.4) is 0 Å². The van der Waals surface area contributed by atoms with Crippen molar-refractivity contribution in [1.82, 2.24) is 19.6 Å². The molecule has 1 amide bonds. The molecule has 6 nitrogen and oxygen atoms in total. The maximum atomic E-state index is 12.4. The van der Waals surface area contributed by atoms with Gasteiger partial charge in [0.05, 0.1) is 28.6 Å². The summed E-state index contributed by atoms with van der Waals surface area (Å²) in [7, 11) is 0. The third-order valence-corrected chi connectivity index (χ3v) is 4.50. The summed E-state index contributed by atoms with van der Waals surface area (Å²) < 4.78 is 4.32. The highest BCUT2D eigenvalue weighted by Crippen LogP contribution is 2.18. The van der Waals surface area contributed by atoms with Crippen molar-refractivity contribution in [2.45, 2.75) is 26.4 Å². The van der Waals surface area contributed by atoms with Crippen LogP contribution in [0.4, 0.5) is 5.69 Å². The molecule has 0 saturated heterocycles. The van der Waals surface area contributed by atoms with E-state index in [2.05, 4.69) is 31.4 Å². The number of aromatic nitrogens is 4. The van der Waals surface area contributed by atoms with Gasteiger partial charge in [-0.3, -0.25) is 14.2 Å². The second-order valence-electron chi connectivity index (χ2n) is 5.62. The van der Waals surface area contributed by atoms with Gasteiger partial charge in [-0.25, -0.2) is 0 Å². The summed E-state index contributed by atoms with van der Waals surface area (Å²) in [6.07, 6.45) is 5.28. The molecule has 1 unspecified atom stereocenters. The van der Waals surface area contributed by atoms with E-state index in [1.807, 2.05) is 50.4 Å². The number of benzene rings is 1. The summed E-state index contributed by atoms with van der Waals surface area (Å²) in [4.78, 5) is 12.4. The van der Waals surface area contributed by atoms with Crippen molar-refractivity contribution in [3.8, 4) is 0 Å². The van der Waals surface area contributed by atoms with Crippen molar-refractivity contribution in [2.75, 3.05) is 5.32 Å². The molecule has 0 bridgehead atoms. The first kappa shape index (κ1) is 16.4. The minimum atomic E-state index is -0.410. The van der Waals surface area contributed by atoms with E-state index < -0.39 is 6.04 Å². The maximum Gasteiger partial charge on any atom is 0.249 e. The minimum Gasteiger partial charge on any atom is -0.322 e. The number of carbonyl (C=O) groups is 1. The Labute approximate surface area is 148 Å². The van der Waals surface area contributed by atoms with E-state index in [9.17, 15) is 4.79 Å². The molecule has 1 atom stereocenters. The van der Waals surface area contributed by atoms with Crippen LogP contribution in [0.1, 0.15) is 24.2 Å². The highest BCUT2D eigenvalue weighted by molar-refractivity contribution is 9.10. The SMILES string of the molecule is Cc1nn(C(C)C(=O)Nc2cnn(Cc3ccccc3)c2)cc1Br. The molecule has 0 aliphatic heterocycles. The molecule has 0 fully saturated rings. The minimum absolute atomic E-state index is 0.135. The fourth-order valence-electron chi connectivity index (χ4n) is 2.31. The zero-order valence-corrected chi connectivity index (χ0v) is 15.1. The maximum absolute atomic E-state index is 12.4. The second kappa shape index (κ2) is 7.00. The van der Waals surface area contributed by atoms with Gasteiger partial charge >= 0.3 is 0 Å². The predicted octanol–water partition coefficient (Wildman–Crippen LogP) is 3.40. The van der Waals surface area contributed by atoms with Crippen molar-refractivity contribution in [1.29, 1.82) is 0 Å². The van der Waals surface area contributed by atoms with Crippen LogP contribution in [0, 0.1) is 6.92 Å². The Balaban J connectivity index is 1.64. The zero-order chi connectivity index (χ0) is 17.1. The van der Waals surface area contributed by atoms with E-state index in [0.717, 1.165) is 15.7 Å². The molecule has 24 heavy (non-hydrogen) atoms. The Kier molecular flexibility index (Phi) is 4.80. The van der Waals surface area contributed by atoms with Gasteiger partial charge in [-0.2, -0.15) is 10.2 Å². The summed E-state index contributed by atoms with van der Waals surface area (Å²) in [5.41, 5.74) is 2.68. The molecule has 1 aromatic carbocycles. The Morgan fingerprint density at radius 3 is 2.71 bits per heavy atom. The quantitative estimate of drug-likeness (QED) is 0.729. The van der Waals surface area contributed by atoms with Gasteiger partial charge in [0.2, 0.25) is 5.91 Å². The monoisotopic (exact) mass is 387 g/mol. The largest absolute Gasteiger partial charge is 0.322 e. The van der Waals surface area contributed by atoms with Crippen molar-refractivity contribution in [3.63, 3.8) is 0 Å². The van der Waals surface area contributed by atoms with Crippen molar-refractivity contribution < 1.29 is 4.79 Å². The average Bonchev–Trinajstić information content (AvgIpc) is 3.14. The molecule has 2 aromatic heterocycles. The molecule has 3 rings (SSSR count). The van der Waals surface area contributed by atoms with Crippen LogP contribution < -0.4 is 5.32 Å². The molecule has 0 spiro atoms. The number of rotatable bonds is 5. The summed E-state index contributed by atoms with van der Waals surface area (Å²) in [6, 6.07) is 9.64. The Morgan fingerprint density at radius 1 is 1.29 bits per heavy atom. The Hall–Kier alpha value is -2.41. The van der Waals surface area contributed by atoms with E-state index in [0.29, 0.717) is 12.2 Å². The first-order valence-electron chi connectivity index (χ1n) is 7.61. The van der Waals surface area contributed by atoms with Gasteiger partial charge in [-0.15, -0.1) is 0 Å². The average molecular weight is 388 g/mol. The number of aryl methyl sites for hydroxylation is 1. The molecule has 124 valence electrons. The van der Waals surface area contributed by atoms with Gasteiger partial charge < -0.3 is 5.32 Å². The smallest absolute Gasteiger partial charge is 0.249 e. The fourth-order valence-corrected chi connectivity index (χ4v) is 2.60. The van der Waals surface area contributed by atoms with E-state index in [-0.39, 0.29) is 5.91 Å². The van der Waals surface area contributed by atoms with Crippen LogP contribution in [-0.2, 0) is 11.3 Å². The molecule has 2 heterocycles. The van der Waals surface area contributed by atoms with Gasteiger partial charge in [0.1, 0.15) is 6.04 Å². The van der Waals surface area contributed by atoms with E-state index in [4.69, 9.17) is 0 Å². The number of hydrogen-bond acceptors (Lipinski definition) is 3. The lowest BCUT2D eigenvalue weighted by atomic mass is 10.2. The van der Waals surface area contributed by atoms with Crippen LogP contribution in [-0.4, -0.2) is 25.5 Å². The van der Waals surface area contributed by atoms with Crippen LogP contribution in [0.2, 0.25) is 0 Å². The summed E-state index contributed by atoms with van der Waals surface area (Å²) >= 11 is 3.41. The highest BCUT2D eigenvalue weighted by Gasteiger charge is 2.17. The zero-order valence-electron chi connectivity index (χ0n) is 13.5.